The zero-order chi connectivity index (χ0) is 14.5. The van der Waals surface area contributed by atoms with Crippen molar-refractivity contribution in [3.05, 3.63) is 69.2 Å². The predicted molar refractivity (Wildman–Crippen MR) is 80.4 cm³/mol. The molecule has 102 valence electrons. The van der Waals surface area contributed by atoms with Crippen molar-refractivity contribution in [2.24, 2.45) is 5.10 Å². The topological polar surface area (TPSA) is 67.5 Å². The molecular formula is C14H12ClN3O2. The predicted octanol–water partition coefficient (Wildman–Crippen LogP) is 4.08. The van der Waals surface area contributed by atoms with E-state index >= 15 is 0 Å². The third-order valence-corrected chi connectivity index (χ3v) is 3.02. The van der Waals surface area contributed by atoms with Gasteiger partial charge in [0.15, 0.2) is 0 Å². The number of halogens is 1. The Hall–Kier alpha value is -2.40. The maximum Gasteiger partial charge on any atom is 0.269 e. The van der Waals surface area contributed by atoms with Gasteiger partial charge in [-0.25, -0.2) is 0 Å². The fourth-order valence-electron chi connectivity index (χ4n) is 1.62. The lowest BCUT2D eigenvalue weighted by molar-refractivity contribution is -0.384. The quantitative estimate of drug-likeness (QED) is 0.524. The van der Waals surface area contributed by atoms with Crippen molar-refractivity contribution in [2.45, 2.75) is 6.92 Å². The van der Waals surface area contributed by atoms with Crippen LogP contribution in [0.2, 0.25) is 5.02 Å². The van der Waals surface area contributed by atoms with Crippen molar-refractivity contribution < 1.29 is 4.92 Å². The minimum Gasteiger partial charge on any atom is -0.278 e. The van der Waals surface area contributed by atoms with Crippen molar-refractivity contribution >= 4 is 28.7 Å². The molecule has 6 heteroatoms. The van der Waals surface area contributed by atoms with Crippen LogP contribution in [0.25, 0.3) is 0 Å². The first-order chi connectivity index (χ1) is 9.58. The molecule has 0 aliphatic heterocycles. The number of rotatable bonds is 4. The van der Waals surface area contributed by atoms with Gasteiger partial charge in [0.25, 0.3) is 5.69 Å². The van der Waals surface area contributed by atoms with E-state index in [9.17, 15) is 10.1 Å². The summed E-state index contributed by atoms with van der Waals surface area (Å²) in [5.41, 5.74) is 5.12. The molecular weight excluding hydrogens is 278 g/mol. The summed E-state index contributed by atoms with van der Waals surface area (Å²) in [7, 11) is 0. The molecule has 5 nitrogen and oxygen atoms in total. The van der Waals surface area contributed by atoms with E-state index in [1.807, 2.05) is 25.1 Å². The molecule has 0 saturated carbocycles. The Bertz CT molecular complexity index is 654. The van der Waals surface area contributed by atoms with Gasteiger partial charge in [-0.2, -0.15) is 5.10 Å². The number of non-ortho nitro benzene ring substituents is 1. The summed E-state index contributed by atoms with van der Waals surface area (Å²) < 4.78 is 0. The lowest BCUT2D eigenvalue weighted by Crippen LogP contribution is -2.00. The molecule has 0 amide bonds. The van der Waals surface area contributed by atoms with Gasteiger partial charge in [-0.05, 0) is 25.1 Å². The molecule has 2 aromatic carbocycles. The number of nitrogens with zero attached hydrogens (tertiary/aromatic N) is 2. The Labute approximate surface area is 121 Å². The average molecular weight is 290 g/mol. The Balaban J connectivity index is 2.13. The number of nitro benzene ring substituents is 1. The van der Waals surface area contributed by atoms with Crippen LogP contribution in [-0.2, 0) is 0 Å². The number of hydrogen-bond donors (Lipinski definition) is 1. The summed E-state index contributed by atoms with van der Waals surface area (Å²) in [5.74, 6) is 0. The number of anilines is 1. The van der Waals surface area contributed by atoms with Crippen LogP contribution in [0.4, 0.5) is 11.4 Å². The summed E-state index contributed by atoms with van der Waals surface area (Å²) in [4.78, 5) is 10.1. The highest BCUT2D eigenvalue weighted by Crippen LogP contribution is 2.18. The summed E-state index contributed by atoms with van der Waals surface area (Å²) >= 11 is 6.07. The van der Waals surface area contributed by atoms with E-state index in [1.165, 1.54) is 12.1 Å². The number of nitrogens with one attached hydrogen (secondary N) is 1. The SMILES string of the molecule is C/C(=N\Nc1ccc([N+](=O)[O-])cc1)c1ccccc1Cl. The summed E-state index contributed by atoms with van der Waals surface area (Å²) in [5, 5.41) is 15.4. The van der Waals surface area contributed by atoms with Crippen molar-refractivity contribution in [3.63, 3.8) is 0 Å². The van der Waals surface area contributed by atoms with Crippen molar-refractivity contribution in [1.82, 2.24) is 0 Å². The van der Waals surface area contributed by atoms with Gasteiger partial charge in [-0.3, -0.25) is 15.5 Å². The normalized spacial score (nSPS) is 11.2. The van der Waals surface area contributed by atoms with Crippen molar-refractivity contribution in [1.29, 1.82) is 0 Å². The third kappa shape index (κ3) is 3.33. The second-order valence-corrected chi connectivity index (χ2v) is 4.50. The van der Waals surface area contributed by atoms with Gasteiger partial charge in [0.05, 0.1) is 16.3 Å². The maximum absolute atomic E-state index is 10.5. The summed E-state index contributed by atoms with van der Waals surface area (Å²) in [6, 6.07) is 13.4. The molecule has 0 aliphatic rings. The zero-order valence-electron chi connectivity index (χ0n) is 10.7. The number of nitro groups is 1. The number of hydrazone groups is 1. The van der Waals surface area contributed by atoms with Crippen LogP contribution in [0.15, 0.2) is 53.6 Å². The highest BCUT2D eigenvalue weighted by atomic mass is 35.5. The van der Waals surface area contributed by atoms with Crippen LogP contribution in [0.5, 0.6) is 0 Å². The van der Waals surface area contributed by atoms with Crippen LogP contribution in [0.1, 0.15) is 12.5 Å². The van der Waals surface area contributed by atoms with E-state index in [0.29, 0.717) is 10.7 Å². The van der Waals surface area contributed by atoms with Crippen molar-refractivity contribution in [2.75, 3.05) is 5.43 Å². The zero-order valence-corrected chi connectivity index (χ0v) is 11.5. The Morgan fingerprint density at radius 1 is 1.20 bits per heavy atom. The second-order valence-electron chi connectivity index (χ2n) is 4.09. The first-order valence-electron chi connectivity index (χ1n) is 5.87. The highest BCUT2D eigenvalue weighted by Gasteiger charge is 2.04. The minimum atomic E-state index is -0.442. The number of hydrogen-bond acceptors (Lipinski definition) is 4. The molecule has 1 N–H and O–H groups in total. The van der Waals surface area contributed by atoms with Gasteiger partial charge in [0.2, 0.25) is 0 Å². The lowest BCUT2D eigenvalue weighted by Gasteiger charge is -2.05. The van der Waals surface area contributed by atoms with Crippen LogP contribution in [0, 0.1) is 10.1 Å². The van der Waals surface area contributed by atoms with E-state index < -0.39 is 4.92 Å². The lowest BCUT2D eigenvalue weighted by atomic mass is 10.1. The van der Waals surface area contributed by atoms with E-state index in [1.54, 1.807) is 18.2 Å². The Morgan fingerprint density at radius 2 is 1.85 bits per heavy atom. The molecule has 0 radical (unpaired) electrons. The maximum atomic E-state index is 10.5. The van der Waals surface area contributed by atoms with Gasteiger partial charge in [0.1, 0.15) is 0 Å². The second kappa shape index (κ2) is 6.16. The largest absolute Gasteiger partial charge is 0.278 e. The fraction of sp³-hybridized carbons (Fsp3) is 0.0714. The van der Waals surface area contributed by atoms with E-state index in [4.69, 9.17) is 11.6 Å². The summed E-state index contributed by atoms with van der Waals surface area (Å²) in [6.07, 6.45) is 0. The third-order valence-electron chi connectivity index (χ3n) is 2.69. The minimum absolute atomic E-state index is 0.0438. The fourth-order valence-corrected chi connectivity index (χ4v) is 1.89. The number of benzene rings is 2. The summed E-state index contributed by atoms with van der Waals surface area (Å²) in [6.45, 7) is 1.83. The van der Waals surface area contributed by atoms with Crippen LogP contribution in [-0.4, -0.2) is 10.6 Å². The highest BCUT2D eigenvalue weighted by molar-refractivity contribution is 6.34. The molecule has 0 aromatic heterocycles. The van der Waals surface area contributed by atoms with Gasteiger partial charge >= 0.3 is 0 Å². The molecule has 0 saturated heterocycles. The van der Waals surface area contributed by atoms with Gasteiger partial charge < -0.3 is 0 Å². The molecule has 0 aliphatic carbocycles. The van der Waals surface area contributed by atoms with Crippen molar-refractivity contribution in [3.8, 4) is 0 Å². The monoisotopic (exact) mass is 289 g/mol. The molecule has 2 rings (SSSR count). The van der Waals surface area contributed by atoms with E-state index in [-0.39, 0.29) is 5.69 Å². The molecule has 0 unspecified atom stereocenters. The average Bonchev–Trinajstić information content (AvgIpc) is 2.45. The standard InChI is InChI=1S/C14H12ClN3O2/c1-10(13-4-2-3-5-14(13)15)16-17-11-6-8-12(9-7-11)18(19)20/h2-9,17H,1H3/b16-10+. The molecule has 0 bridgehead atoms. The first kappa shape index (κ1) is 14.0. The van der Waals surface area contributed by atoms with Gasteiger partial charge in [-0.1, -0.05) is 29.8 Å². The smallest absolute Gasteiger partial charge is 0.269 e. The van der Waals surface area contributed by atoms with Gasteiger partial charge in [0, 0.05) is 22.7 Å². The Kier molecular flexibility index (Phi) is 4.32. The van der Waals surface area contributed by atoms with E-state index in [2.05, 4.69) is 10.5 Å². The molecule has 0 heterocycles. The van der Waals surface area contributed by atoms with E-state index in [0.717, 1.165) is 11.3 Å². The Morgan fingerprint density at radius 3 is 2.45 bits per heavy atom. The van der Waals surface area contributed by atoms with Crippen LogP contribution < -0.4 is 5.43 Å². The van der Waals surface area contributed by atoms with Gasteiger partial charge in [-0.15, -0.1) is 0 Å². The van der Waals surface area contributed by atoms with Crippen LogP contribution in [0.3, 0.4) is 0 Å². The molecule has 0 spiro atoms. The molecule has 0 fully saturated rings. The molecule has 2 aromatic rings. The first-order valence-corrected chi connectivity index (χ1v) is 6.25. The van der Waals surface area contributed by atoms with Crippen LogP contribution >= 0.6 is 11.6 Å². The molecule has 0 atom stereocenters. The molecule has 20 heavy (non-hydrogen) atoms.